The van der Waals surface area contributed by atoms with Crippen molar-refractivity contribution in [1.82, 2.24) is 0 Å². The number of amides is 1. The van der Waals surface area contributed by atoms with Crippen molar-refractivity contribution < 1.29 is 14.3 Å². The number of para-hydroxylation sites is 1. The van der Waals surface area contributed by atoms with Crippen LogP contribution < -0.4 is 14.8 Å². The van der Waals surface area contributed by atoms with Crippen molar-refractivity contribution in [1.29, 1.82) is 0 Å². The summed E-state index contributed by atoms with van der Waals surface area (Å²) in [6.45, 7) is 9.40. The van der Waals surface area contributed by atoms with Gasteiger partial charge in [0, 0.05) is 16.8 Å². The van der Waals surface area contributed by atoms with Gasteiger partial charge in [-0.2, -0.15) is 0 Å². The molecule has 1 atom stereocenters. The van der Waals surface area contributed by atoms with Gasteiger partial charge in [-0.1, -0.05) is 39.0 Å². The molecule has 0 saturated heterocycles. The average Bonchev–Trinajstić information content (AvgIpc) is 3.21. The number of hydrogen-bond acceptors (Lipinski definition) is 5. The summed E-state index contributed by atoms with van der Waals surface area (Å²) in [5.74, 6) is 1.86. The minimum Gasteiger partial charge on any atom is -0.493 e. The second-order valence-electron chi connectivity index (χ2n) is 9.91. The molecule has 6 heteroatoms. The van der Waals surface area contributed by atoms with Gasteiger partial charge in [0.1, 0.15) is 5.00 Å². The number of methoxy groups -OCH3 is 1. The van der Waals surface area contributed by atoms with Crippen LogP contribution in [0.2, 0.25) is 0 Å². The number of nitrogens with zero attached hydrogens (tertiary/aromatic N) is 1. The van der Waals surface area contributed by atoms with Gasteiger partial charge >= 0.3 is 0 Å². The number of benzene rings is 2. The molecule has 1 aliphatic carbocycles. The number of thiophene rings is 1. The Labute approximate surface area is 212 Å². The first-order valence-electron chi connectivity index (χ1n) is 12.2. The Hall–Kier alpha value is -3.12. The van der Waals surface area contributed by atoms with Crippen LogP contribution >= 0.6 is 11.3 Å². The number of fused-ring (bicyclic) bond motifs is 1. The molecule has 3 aromatic rings. The highest BCUT2D eigenvalue weighted by atomic mass is 32.1. The normalized spacial score (nSPS) is 15.6. The molecule has 0 aliphatic heterocycles. The molecule has 0 radical (unpaired) electrons. The second kappa shape index (κ2) is 10.6. The van der Waals surface area contributed by atoms with Gasteiger partial charge in [0.25, 0.3) is 5.91 Å². The van der Waals surface area contributed by atoms with E-state index < -0.39 is 0 Å². The van der Waals surface area contributed by atoms with Crippen molar-refractivity contribution in [3.63, 3.8) is 0 Å². The smallest absolute Gasteiger partial charge is 0.259 e. The Kier molecular flexibility index (Phi) is 7.60. The maximum absolute atomic E-state index is 13.5. The number of ether oxygens (including phenoxy) is 2. The number of anilines is 1. The Morgan fingerprint density at radius 3 is 2.63 bits per heavy atom. The van der Waals surface area contributed by atoms with E-state index in [0.717, 1.165) is 41.1 Å². The highest BCUT2D eigenvalue weighted by Crippen LogP contribution is 2.45. The third-order valence-corrected chi connectivity index (χ3v) is 7.71. The van der Waals surface area contributed by atoms with Gasteiger partial charge in [-0.25, -0.2) is 4.99 Å². The zero-order valence-corrected chi connectivity index (χ0v) is 22.0. The van der Waals surface area contributed by atoms with Crippen LogP contribution in [0.4, 0.5) is 10.7 Å². The van der Waals surface area contributed by atoms with Crippen molar-refractivity contribution >= 4 is 34.1 Å². The molecule has 0 spiro atoms. The number of nitrogens with one attached hydrogen (secondary N) is 1. The summed E-state index contributed by atoms with van der Waals surface area (Å²) >= 11 is 1.65. The lowest BCUT2D eigenvalue weighted by atomic mass is 9.72. The Bertz CT molecular complexity index is 1210. The van der Waals surface area contributed by atoms with E-state index in [9.17, 15) is 4.79 Å². The average molecular weight is 491 g/mol. The van der Waals surface area contributed by atoms with Crippen molar-refractivity contribution in [2.45, 2.75) is 47.0 Å². The lowest BCUT2D eigenvalue weighted by Gasteiger charge is -2.33. The molecule has 5 nitrogen and oxygen atoms in total. The number of hydrogen-bond donors (Lipinski definition) is 1. The fourth-order valence-corrected chi connectivity index (χ4v) is 5.79. The first-order valence-corrected chi connectivity index (χ1v) is 13.0. The summed E-state index contributed by atoms with van der Waals surface area (Å²) in [7, 11) is 1.63. The molecule has 1 N–H and O–H groups in total. The van der Waals surface area contributed by atoms with E-state index in [4.69, 9.17) is 14.5 Å². The largest absolute Gasteiger partial charge is 0.493 e. The summed E-state index contributed by atoms with van der Waals surface area (Å²) in [6.07, 6.45) is 4.78. The van der Waals surface area contributed by atoms with Crippen LogP contribution in [0.5, 0.6) is 11.5 Å². The van der Waals surface area contributed by atoms with Gasteiger partial charge in [0.15, 0.2) is 11.5 Å². The summed E-state index contributed by atoms with van der Waals surface area (Å²) in [5.41, 5.74) is 3.77. The minimum absolute atomic E-state index is 0.0974. The molecular formula is C29H34N2O3S. The second-order valence-corrected chi connectivity index (χ2v) is 11.0. The summed E-state index contributed by atoms with van der Waals surface area (Å²) < 4.78 is 11.1. The molecule has 2 aromatic carbocycles. The number of carbonyl (C=O) groups excluding carboxylic acids is 1. The number of carbonyl (C=O) groups is 1. The van der Waals surface area contributed by atoms with Crippen LogP contribution in [-0.2, 0) is 12.8 Å². The Balaban J connectivity index is 1.70. The van der Waals surface area contributed by atoms with E-state index in [1.165, 1.54) is 4.88 Å². The molecular weight excluding hydrogens is 456 g/mol. The summed E-state index contributed by atoms with van der Waals surface area (Å²) in [5, 5.41) is 3.83. The van der Waals surface area contributed by atoms with Gasteiger partial charge in [-0.3, -0.25) is 4.79 Å². The Morgan fingerprint density at radius 2 is 1.94 bits per heavy atom. The zero-order chi connectivity index (χ0) is 25.0. The topological polar surface area (TPSA) is 59.9 Å². The monoisotopic (exact) mass is 490 g/mol. The van der Waals surface area contributed by atoms with E-state index in [0.29, 0.717) is 29.6 Å². The van der Waals surface area contributed by atoms with E-state index in [1.54, 1.807) is 24.7 Å². The molecule has 1 aromatic heterocycles. The lowest BCUT2D eigenvalue weighted by Crippen LogP contribution is -2.27. The van der Waals surface area contributed by atoms with Crippen molar-refractivity contribution in [3.8, 4) is 11.5 Å². The van der Waals surface area contributed by atoms with Crippen LogP contribution in [0.15, 0.2) is 53.5 Å². The molecule has 35 heavy (non-hydrogen) atoms. The molecule has 1 aliphatic rings. The zero-order valence-electron chi connectivity index (χ0n) is 21.2. The number of rotatable bonds is 7. The molecule has 4 rings (SSSR count). The first kappa shape index (κ1) is 25.0. The summed E-state index contributed by atoms with van der Waals surface area (Å²) in [6, 6.07) is 15.3. The van der Waals surface area contributed by atoms with Crippen LogP contribution in [0.3, 0.4) is 0 Å². The third kappa shape index (κ3) is 5.76. The number of aliphatic imine (C=N–C) groups is 1. The molecule has 0 saturated carbocycles. The highest BCUT2D eigenvalue weighted by molar-refractivity contribution is 7.16. The first-order chi connectivity index (χ1) is 16.8. The quantitative estimate of drug-likeness (QED) is 0.353. The molecule has 0 bridgehead atoms. The van der Waals surface area contributed by atoms with Gasteiger partial charge in [0.2, 0.25) is 0 Å². The molecule has 0 fully saturated rings. The van der Waals surface area contributed by atoms with Crippen LogP contribution in [0, 0.1) is 11.3 Å². The van der Waals surface area contributed by atoms with Gasteiger partial charge in [-0.05, 0) is 79.0 Å². The van der Waals surface area contributed by atoms with Crippen LogP contribution in [0.1, 0.15) is 60.5 Å². The van der Waals surface area contributed by atoms with E-state index in [-0.39, 0.29) is 11.3 Å². The van der Waals surface area contributed by atoms with E-state index >= 15 is 0 Å². The maximum Gasteiger partial charge on any atom is 0.259 e. The lowest BCUT2D eigenvalue weighted by molar-refractivity contribution is 0.102. The van der Waals surface area contributed by atoms with Gasteiger partial charge in [0.05, 0.1) is 19.3 Å². The van der Waals surface area contributed by atoms with Crippen molar-refractivity contribution in [2.24, 2.45) is 16.3 Å². The molecule has 1 heterocycles. The molecule has 0 unspecified atom stereocenters. The molecule has 1 amide bonds. The maximum atomic E-state index is 13.5. The minimum atomic E-state index is -0.0974. The predicted molar refractivity (Wildman–Crippen MR) is 145 cm³/mol. The van der Waals surface area contributed by atoms with Crippen molar-refractivity contribution in [3.05, 3.63) is 70.1 Å². The molecule has 184 valence electrons. The van der Waals surface area contributed by atoms with E-state index in [1.807, 2.05) is 55.5 Å². The van der Waals surface area contributed by atoms with Crippen LogP contribution in [-0.4, -0.2) is 25.8 Å². The predicted octanol–water partition coefficient (Wildman–Crippen LogP) is 7.31. The van der Waals surface area contributed by atoms with Crippen LogP contribution in [0.25, 0.3) is 0 Å². The highest BCUT2D eigenvalue weighted by Gasteiger charge is 2.33. The fraction of sp³-hybridized carbons (Fsp3) is 0.379. The summed E-state index contributed by atoms with van der Waals surface area (Å²) in [4.78, 5) is 19.6. The van der Waals surface area contributed by atoms with Crippen molar-refractivity contribution in [2.75, 3.05) is 19.0 Å². The SMILES string of the molecule is CCOc1cc(C=Nc2sc3c(c2C(=O)Nc2ccccc2)CC[C@H](C(C)(C)C)C3)ccc1OC. The van der Waals surface area contributed by atoms with Gasteiger partial charge in [-0.15, -0.1) is 11.3 Å². The standard InChI is InChI=1S/C29H34N2O3S/c1-6-34-24-16-19(12-15-23(24)33-5)18-30-28-26(27(32)31-21-10-8-7-9-11-21)22-14-13-20(29(2,3)4)17-25(22)35-28/h7-12,15-16,18,20H,6,13-14,17H2,1-5H3,(H,31,32)/t20-/m0/s1. The fourth-order valence-electron chi connectivity index (χ4n) is 4.53. The third-order valence-electron chi connectivity index (χ3n) is 6.55. The van der Waals surface area contributed by atoms with Gasteiger partial charge < -0.3 is 14.8 Å². The van der Waals surface area contributed by atoms with E-state index in [2.05, 4.69) is 26.1 Å². The Morgan fingerprint density at radius 1 is 1.17 bits per heavy atom.